The van der Waals surface area contributed by atoms with Crippen LogP contribution in [0.15, 0.2) is 48.7 Å². The molecule has 1 heterocycles. The Labute approximate surface area is 134 Å². The lowest BCUT2D eigenvalue weighted by atomic mass is 9.87. The Hall–Kier alpha value is -2.82. The van der Waals surface area contributed by atoms with Crippen molar-refractivity contribution in [2.45, 2.75) is 26.2 Å². The Morgan fingerprint density at radius 1 is 1.04 bits per heavy atom. The second-order valence-electron chi connectivity index (χ2n) is 6.52. The molecule has 0 bridgehead atoms. The number of aromatic nitrogens is 2. The highest BCUT2D eigenvalue weighted by Gasteiger charge is 2.14. The number of fused-ring (bicyclic) bond motifs is 1. The molecular formula is C18H17N3O2. The number of benzene rings is 2. The summed E-state index contributed by atoms with van der Waals surface area (Å²) in [6.45, 7) is 6.48. The minimum Gasteiger partial charge on any atom is -0.258 e. The van der Waals surface area contributed by atoms with Crippen LogP contribution >= 0.6 is 0 Å². The van der Waals surface area contributed by atoms with Crippen molar-refractivity contribution in [2.75, 3.05) is 0 Å². The molecule has 0 saturated carbocycles. The van der Waals surface area contributed by atoms with Crippen molar-refractivity contribution in [3.8, 4) is 11.4 Å². The predicted molar refractivity (Wildman–Crippen MR) is 90.3 cm³/mol. The third kappa shape index (κ3) is 3.04. The van der Waals surface area contributed by atoms with E-state index in [9.17, 15) is 10.1 Å². The van der Waals surface area contributed by atoms with E-state index in [-0.39, 0.29) is 11.1 Å². The number of nitro benzene ring substituents is 1. The summed E-state index contributed by atoms with van der Waals surface area (Å²) in [5.41, 5.74) is 2.82. The Morgan fingerprint density at radius 3 is 2.35 bits per heavy atom. The molecular weight excluding hydrogens is 290 g/mol. The largest absolute Gasteiger partial charge is 0.271 e. The summed E-state index contributed by atoms with van der Waals surface area (Å²) in [7, 11) is 0. The topological polar surface area (TPSA) is 68.9 Å². The summed E-state index contributed by atoms with van der Waals surface area (Å²) in [6, 6.07) is 12.7. The number of nitro groups is 1. The molecule has 23 heavy (non-hydrogen) atoms. The standard InChI is InChI=1S/C18H17N3O2/c1-18(2,3)14-7-4-12(5-8-14)17-19-11-13-6-9-15(21(22)23)10-16(13)20-17/h4-11H,1-3H3. The van der Waals surface area contributed by atoms with Gasteiger partial charge in [-0.05, 0) is 17.0 Å². The van der Waals surface area contributed by atoms with Crippen LogP contribution in [0.5, 0.6) is 0 Å². The third-order valence-electron chi connectivity index (χ3n) is 3.79. The first-order valence-electron chi connectivity index (χ1n) is 7.37. The van der Waals surface area contributed by atoms with E-state index in [1.165, 1.54) is 17.7 Å². The highest BCUT2D eigenvalue weighted by Crippen LogP contribution is 2.26. The Balaban J connectivity index is 2.04. The average Bonchev–Trinajstić information content (AvgIpc) is 2.53. The lowest BCUT2D eigenvalue weighted by Gasteiger charge is -2.18. The monoisotopic (exact) mass is 307 g/mol. The van der Waals surface area contributed by atoms with Crippen molar-refractivity contribution in [3.05, 3.63) is 64.3 Å². The van der Waals surface area contributed by atoms with E-state index in [2.05, 4.69) is 42.9 Å². The fourth-order valence-corrected chi connectivity index (χ4v) is 2.38. The molecule has 2 aromatic carbocycles. The molecule has 0 radical (unpaired) electrons. The number of nitrogens with zero attached hydrogens (tertiary/aromatic N) is 3. The zero-order valence-electron chi connectivity index (χ0n) is 13.3. The fraction of sp³-hybridized carbons (Fsp3) is 0.222. The lowest BCUT2D eigenvalue weighted by Crippen LogP contribution is -2.10. The molecule has 0 saturated heterocycles. The molecule has 1 aromatic heterocycles. The van der Waals surface area contributed by atoms with Gasteiger partial charge < -0.3 is 0 Å². The first-order chi connectivity index (χ1) is 10.8. The van der Waals surface area contributed by atoms with Gasteiger partial charge in [-0.1, -0.05) is 45.0 Å². The number of rotatable bonds is 2. The zero-order chi connectivity index (χ0) is 16.6. The molecule has 0 aliphatic heterocycles. The molecule has 0 spiro atoms. The first-order valence-corrected chi connectivity index (χ1v) is 7.37. The molecule has 0 N–H and O–H groups in total. The molecule has 3 rings (SSSR count). The van der Waals surface area contributed by atoms with E-state index in [4.69, 9.17) is 0 Å². The molecule has 5 nitrogen and oxygen atoms in total. The van der Waals surface area contributed by atoms with Crippen LogP contribution in [0.4, 0.5) is 5.69 Å². The van der Waals surface area contributed by atoms with Crippen molar-refractivity contribution >= 4 is 16.6 Å². The third-order valence-corrected chi connectivity index (χ3v) is 3.79. The highest BCUT2D eigenvalue weighted by atomic mass is 16.6. The molecule has 0 unspecified atom stereocenters. The average molecular weight is 307 g/mol. The maximum absolute atomic E-state index is 10.9. The molecule has 0 atom stereocenters. The second kappa shape index (κ2) is 5.43. The van der Waals surface area contributed by atoms with Gasteiger partial charge in [0.15, 0.2) is 5.82 Å². The molecule has 116 valence electrons. The molecule has 0 amide bonds. The van der Waals surface area contributed by atoms with Crippen LogP contribution in [0, 0.1) is 10.1 Å². The van der Waals surface area contributed by atoms with Crippen molar-refractivity contribution in [1.29, 1.82) is 0 Å². The minimum absolute atomic E-state index is 0.0326. The van der Waals surface area contributed by atoms with Gasteiger partial charge in [0.2, 0.25) is 0 Å². The maximum atomic E-state index is 10.9. The van der Waals surface area contributed by atoms with Crippen molar-refractivity contribution in [1.82, 2.24) is 9.97 Å². The second-order valence-corrected chi connectivity index (χ2v) is 6.52. The SMILES string of the molecule is CC(C)(C)c1ccc(-c2ncc3ccc([N+](=O)[O-])cc3n2)cc1. The van der Waals surface area contributed by atoms with Crippen molar-refractivity contribution in [2.24, 2.45) is 0 Å². The first kappa shape index (κ1) is 15.1. The van der Waals surface area contributed by atoms with E-state index in [0.29, 0.717) is 11.3 Å². The Bertz CT molecular complexity index is 881. The minimum atomic E-state index is -0.417. The van der Waals surface area contributed by atoms with Gasteiger partial charge in [-0.15, -0.1) is 0 Å². The van der Waals surface area contributed by atoms with Gasteiger partial charge in [0.25, 0.3) is 5.69 Å². The van der Waals surface area contributed by atoms with E-state index >= 15 is 0 Å². The van der Waals surface area contributed by atoms with Gasteiger partial charge in [0.1, 0.15) is 0 Å². The number of hydrogen-bond acceptors (Lipinski definition) is 4. The van der Waals surface area contributed by atoms with Gasteiger partial charge >= 0.3 is 0 Å². The predicted octanol–water partition coefficient (Wildman–Crippen LogP) is 4.50. The zero-order valence-corrected chi connectivity index (χ0v) is 13.3. The van der Waals surface area contributed by atoms with Crippen LogP contribution < -0.4 is 0 Å². The van der Waals surface area contributed by atoms with Gasteiger partial charge in [-0.3, -0.25) is 10.1 Å². The molecule has 0 aliphatic rings. The van der Waals surface area contributed by atoms with Gasteiger partial charge in [-0.25, -0.2) is 9.97 Å². The molecule has 3 aromatic rings. The summed E-state index contributed by atoms with van der Waals surface area (Å²) in [6.07, 6.45) is 1.69. The Kier molecular flexibility index (Phi) is 3.56. The van der Waals surface area contributed by atoms with Crippen LogP contribution in [-0.4, -0.2) is 14.9 Å². The van der Waals surface area contributed by atoms with Crippen LogP contribution in [-0.2, 0) is 5.41 Å². The van der Waals surface area contributed by atoms with Crippen LogP contribution in [0.2, 0.25) is 0 Å². The summed E-state index contributed by atoms with van der Waals surface area (Å²) in [4.78, 5) is 19.3. The van der Waals surface area contributed by atoms with E-state index in [0.717, 1.165) is 10.9 Å². The molecule has 0 fully saturated rings. The number of hydrogen-bond donors (Lipinski definition) is 0. The summed E-state index contributed by atoms with van der Waals surface area (Å²) < 4.78 is 0. The summed E-state index contributed by atoms with van der Waals surface area (Å²) in [5.74, 6) is 0.568. The van der Waals surface area contributed by atoms with E-state index < -0.39 is 4.92 Å². The number of non-ortho nitro benzene ring substituents is 1. The van der Waals surface area contributed by atoms with Gasteiger partial charge in [0.05, 0.1) is 10.4 Å². The van der Waals surface area contributed by atoms with Crippen molar-refractivity contribution < 1.29 is 4.92 Å². The molecule has 0 aliphatic carbocycles. The smallest absolute Gasteiger partial charge is 0.258 e. The normalized spacial score (nSPS) is 11.6. The van der Waals surface area contributed by atoms with Gasteiger partial charge in [0, 0.05) is 29.3 Å². The van der Waals surface area contributed by atoms with Crippen LogP contribution in [0.25, 0.3) is 22.3 Å². The maximum Gasteiger partial charge on any atom is 0.271 e. The van der Waals surface area contributed by atoms with E-state index in [1.807, 2.05) is 12.1 Å². The lowest BCUT2D eigenvalue weighted by molar-refractivity contribution is -0.384. The summed E-state index contributed by atoms with van der Waals surface area (Å²) >= 11 is 0. The van der Waals surface area contributed by atoms with Crippen LogP contribution in [0.1, 0.15) is 26.3 Å². The van der Waals surface area contributed by atoms with Crippen LogP contribution in [0.3, 0.4) is 0 Å². The van der Waals surface area contributed by atoms with E-state index in [1.54, 1.807) is 12.3 Å². The Morgan fingerprint density at radius 2 is 1.74 bits per heavy atom. The summed E-state index contributed by atoms with van der Waals surface area (Å²) in [5, 5.41) is 11.7. The quantitative estimate of drug-likeness (QED) is 0.516. The highest BCUT2D eigenvalue weighted by molar-refractivity contribution is 5.81. The van der Waals surface area contributed by atoms with Gasteiger partial charge in [-0.2, -0.15) is 0 Å². The fourth-order valence-electron chi connectivity index (χ4n) is 2.38. The van der Waals surface area contributed by atoms with Crippen molar-refractivity contribution in [3.63, 3.8) is 0 Å². The molecule has 5 heteroatoms.